The molecule has 0 bridgehead atoms. The van der Waals surface area contributed by atoms with Crippen LogP contribution in [0.1, 0.15) is 39.0 Å². The maximum absolute atomic E-state index is 5.62. The monoisotopic (exact) mass is 157 g/mol. The molecule has 2 N–H and O–H groups in total. The van der Waals surface area contributed by atoms with Gasteiger partial charge >= 0.3 is 0 Å². The number of hydrogen-bond donors (Lipinski definition) is 1. The van der Waals surface area contributed by atoms with Crippen LogP contribution in [0.25, 0.3) is 0 Å². The maximum Gasteiger partial charge on any atom is 0.0618 e. The van der Waals surface area contributed by atoms with E-state index in [0.717, 1.165) is 6.61 Å². The van der Waals surface area contributed by atoms with Crippen LogP contribution < -0.4 is 5.73 Å². The molecule has 1 saturated carbocycles. The Morgan fingerprint density at radius 2 is 2.00 bits per heavy atom. The summed E-state index contributed by atoms with van der Waals surface area (Å²) in [5, 5.41) is 0. The summed E-state index contributed by atoms with van der Waals surface area (Å²) in [5.74, 6) is 0. The van der Waals surface area contributed by atoms with Crippen molar-refractivity contribution in [3.8, 4) is 0 Å². The predicted octanol–water partition coefficient (Wildman–Crippen LogP) is 1.68. The van der Waals surface area contributed by atoms with Gasteiger partial charge in [0.25, 0.3) is 0 Å². The van der Waals surface area contributed by atoms with Crippen LogP contribution in [0.5, 0.6) is 0 Å². The fourth-order valence-electron chi connectivity index (χ4n) is 1.52. The molecule has 1 aliphatic carbocycles. The van der Waals surface area contributed by atoms with Gasteiger partial charge in [0.05, 0.1) is 12.7 Å². The van der Waals surface area contributed by atoms with Crippen molar-refractivity contribution in [2.45, 2.75) is 51.2 Å². The molecule has 66 valence electrons. The molecular formula is C9H19NO. The molecule has 0 heterocycles. The van der Waals surface area contributed by atoms with Gasteiger partial charge in [-0.1, -0.05) is 19.3 Å². The van der Waals surface area contributed by atoms with E-state index in [-0.39, 0.29) is 6.04 Å². The molecule has 1 rings (SSSR count). The lowest BCUT2D eigenvalue weighted by Gasteiger charge is -2.22. The molecule has 0 aromatic carbocycles. The van der Waals surface area contributed by atoms with E-state index in [1.54, 1.807) is 0 Å². The molecule has 1 fully saturated rings. The van der Waals surface area contributed by atoms with Crippen molar-refractivity contribution in [1.82, 2.24) is 0 Å². The second-order valence-electron chi connectivity index (χ2n) is 3.57. The summed E-state index contributed by atoms with van der Waals surface area (Å²) >= 11 is 0. The molecule has 0 radical (unpaired) electrons. The normalized spacial score (nSPS) is 23.5. The van der Waals surface area contributed by atoms with Gasteiger partial charge in [-0.2, -0.15) is 0 Å². The Labute approximate surface area is 69.1 Å². The van der Waals surface area contributed by atoms with Gasteiger partial charge in [0.15, 0.2) is 0 Å². The van der Waals surface area contributed by atoms with Gasteiger partial charge in [-0.3, -0.25) is 0 Å². The molecule has 0 aliphatic heterocycles. The van der Waals surface area contributed by atoms with E-state index < -0.39 is 0 Å². The maximum atomic E-state index is 5.62. The molecule has 1 atom stereocenters. The molecule has 1 aliphatic rings. The third-order valence-corrected chi connectivity index (χ3v) is 2.15. The van der Waals surface area contributed by atoms with Gasteiger partial charge in [0.2, 0.25) is 0 Å². The lowest BCUT2D eigenvalue weighted by atomic mass is 9.98. The Morgan fingerprint density at radius 3 is 2.55 bits per heavy atom. The largest absolute Gasteiger partial charge is 0.377 e. The smallest absolute Gasteiger partial charge is 0.0618 e. The lowest BCUT2D eigenvalue weighted by molar-refractivity contribution is 0.0229. The highest BCUT2D eigenvalue weighted by atomic mass is 16.5. The quantitative estimate of drug-likeness (QED) is 0.676. The summed E-state index contributed by atoms with van der Waals surface area (Å²) in [4.78, 5) is 0. The molecule has 0 aromatic rings. The zero-order valence-corrected chi connectivity index (χ0v) is 7.38. The van der Waals surface area contributed by atoms with E-state index in [0.29, 0.717) is 6.10 Å². The Balaban J connectivity index is 2.05. The molecule has 0 amide bonds. The summed E-state index contributed by atoms with van der Waals surface area (Å²) in [6, 6.07) is 0.192. The van der Waals surface area contributed by atoms with Crippen LogP contribution >= 0.6 is 0 Å². The summed E-state index contributed by atoms with van der Waals surface area (Å²) in [6.07, 6.45) is 7.06. The minimum absolute atomic E-state index is 0.192. The van der Waals surface area contributed by atoms with Gasteiger partial charge < -0.3 is 10.5 Å². The van der Waals surface area contributed by atoms with Crippen LogP contribution in [0.15, 0.2) is 0 Å². The van der Waals surface area contributed by atoms with E-state index >= 15 is 0 Å². The van der Waals surface area contributed by atoms with E-state index in [1.165, 1.54) is 32.1 Å². The van der Waals surface area contributed by atoms with Crippen LogP contribution in [0.4, 0.5) is 0 Å². The summed E-state index contributed by atoms with van der Waals surface area (Å²) < 4.78 is 5.62. The lowest BCUT2D eigenvalue weighted by Crippen LogP contribution is -2.27. The van der Waals surface area contributed by atoms with Crippen molar-refractivity contribution >= 4 is 0 Å². The highest BCUT2D eigenvalue weighted by Crippen LogP contribution is 2.19. The summed E-state index contributed by atoms with van der Waals surface area (Å²) in [5.41, 5.74) is 5.58. The first-order valence-electron chi connectivity index (χ1n) is 4.66. The van der Waals surface area contributed by atoms with Crippen LogP contribution in [0.2, 0.25) is 0 Å². The van der Waals surface area contributed by atoms with Gasteiger partial charge in [-0.25, -0.2) is 0 Å². The molecule has 0 aromatic heterocycles. The molecule has 2 nitrogen and oxygen atoms in total. The number of hydrogen-bond acceptors (Lipinski definition) is 2. The minimum atomic E-state index is 0.192. The highest BCUT2D eigenvalue weighted by molar-refractivity contribution is 4.65. The minimum Gasteiger partial charge on any atom is -0.377 e. The first kappa shape index (κ1) is 9.01. The van der Waals surface area contributed by atoms with E-state index in [9.17, 15) is 0 Å². The van der Waals surface area contributed by atoms with Crippen LogP contribution in [-0.2, 0) is 4.74 Å². The Hall–Kier alpha value is -0.0800. The van der Waals surface area contributed by atoms with E-state index in [2.05, 4.69) is 0 Å². The number of ether oxygens (including phenoxy) is 1. The van der Waals surface area contributed by atoms with Crippen LogP contribution in [-0.4, -0.2) is 18.8 Å². The number of rotatable bonds is 3. The Bertz CT molecular complexity index is 97.7. The summed E-state index contributed by atoms with van der Waals surface area (Å²) in [6.45, 7) is 2.72. The first-order chi connectivity index (χ1) is 5.29. The van der Waals surface area contributed by atoms with Crippen molar-refractivity contribution in [3.63, 3.8) is 0 Å². The van der Waals surface area contributed by atoms with Crippen LogP contribution in [0, 0.1) is 0 Å². The van der Waals surface area contributed by atoms with Crippen molar-refractivity contribution < 1.29 is 4.74 Å². The number of nitrogens with two attached hydrogens (primary N) is 1. The predicted molar refractivity (Wildman–Crippen MR) is 46.5 cm³/mol. The van der Waals surface area contributed by atoms with Crippen molar-refractivity contribution in [1.29, 1.82) is 0 Å². The zero-order valence-electron chi connectivity index (χ0n) is 7.38. The molecule has 0 spiro atoms. The zero-order chi connectivity index (χ0) is 8.10. The molecule has 0 unspecified atom stereocenters. The first-order valence-corrected chi connectivity index (χ1v) is 4.66. The molecule has 0 saturated heterocycles. The molecule has 11 heavy (non-hydrogen) atoms. The van der Waals surface area contributed by atoms with Gasteiger partial charge in [0.1, 0.15) is 0 Å². The second kappa shape index (κ2) is 4.73. The van der Waals surface area contributed by atoms with E-state index in [4.69, 9.17) is 10.5 Å². The average molecular weight is 157 g/mol. The molecule has 2 heteroatoms. The standard InChI is InChI=1S/C9H19NO/c1-8(10)7-11-9-5-3-2-4-6-9/h8-9H,2-7,10H2,1H3/t8-/m1/s1. The van der Waals surface area contributed by atoms with Crippen molar-refractivity contribution in [2.24, 2.45) is 5.73 Å². The Kier molecular flexibility index (Phi) is 3.87. The third-order valence-electron chi connectivity index (χ3n) is 2.15. The Morgan fingerprint density at radius 1 is 1.36 bits per heavy atom. The van der Waals surface area contributed by atoms with E-state index in [1.807, 2.05) is 6.92 Å². The van der Waals surface area contributed by atoms with Crippen molar-refractivity contribution in [3.05, 3.63) is 0 Å². The second-order valence-corrected chi connectivity index (χ2v) is 3.57. The fourth-order valence-corrected chi connectivity index (χ4v) is 1.52. The molecular weight excluding hydrogens is 138 g/mol. The summed E-state index contributed by atoms with van der Waals surface area (Å²) in [7, 11) is 0. The van der Waals surface area contributed by atoms with Crippen LogP contribution in [0.3, 0.4) is 0 Å². The fraction of sp³-hybridized carbons (Fsp3) is 1.00. The average Bonchev–Trinajstić information content (AvgIpc) is 2.03. The SMILES string of the molecule is C[C@@H](N)COC1CCCCC1. The topological polar surface area (TPSA) is 35.2 Å². The van der Waals surface area contributed by atoms with Gasteiger partial charge in [-0.05, 0) is 19.8 Å². The third kappa shape index (κ3) is 3.73. The van der Waals surface area contributed by atoms with Gasteiger partial charge in [-0.15, -0.1) is 0 Å². The highest BCUT2D eigenvalue weighted by Gasteiger charge is 2.13. The van der Waals surface area contributed by atoms with Crippen molar-refractivity contribution in [2.75, 3.05) is 6.61 Å². The van der Waals surface area contributed by atoms with Gasteiger partial charge in [0, 0.05) is 6.04 Å².